The molecule has 0 nitrogen and oxygen atoms in total. The summed E-state index contributed by atoms with van der Waals surface area (Å²) >= 11 is 0. The molecule has 5 heavy (non-hydrogen) atoms. The summed E-state index contributed by atoms with van der Waals surface area (Å²) in [5.74, 6) is 0. The third-order valence-electron chi connectivity index (χ3n) is 0.134. The molecular weight excluding hydrogens is 74.0 g/mol. The van der Waals surface area contributed by atoms with Gasteiger partial charge in [0.1, 0.15) is 0 Å². The molecule has 0 saturated heterocycles. The second-order valence-corrected chi connectivity index (χ2v) is 0.437. The number of halogens is 2. The van der Waals surface area contributed by atoms with E-state index >= 15 is 0 Å². The lowest BCUT2D eigenvalue weighted by Gasteiger charge is -1.55. The Balaban J connectivity index is 3.60. The van der Waals surface area contributed by atoms with Gasteiger partial charge in [0.25, 0.3) is 0 Å². The van der Waals surface area contributed by atoms with Crippen LogP contribution in [0.4, 0.5) is 8.78 Å². The zero-order chi connectivity index (χ0) is 4.28. The van der Waals surface area contributed by atoms with Crippen LogP contribution < -0.4 is 0 Å². The van der Waals surface area contributed by atoms with Crippen molar-refractivity contribution < 1.29 is 8.78 Å². The Morgan fingerprint density at radius 2 is 1.80 bits per heavy atom. The Bertz CT molecular complexity index is 65.0. The highest BCUT2D eigenvalue weighted by Gasteiger charge is 1.71. The van der Waals surface area contributed by atoms with Gasteiger partial charge in [0.05, 0.1) is 0 Å². The summed E-state index contributed by atoms with van der Waals surface area (Å²) in [5.41, 5.74) is 1.36. The first kappa shape index (κ1) is 4.38. The lowest BCUT2D eigenvalue weighted by atomic mass is 10.9. The molecule has 0 spiro atoms. The van der Waals surface area contributed by atoms with Gasteiger partial charge in [-0.2, -0.15) is 8.78 Å². The Morgan fingerprint density at radius 1 is 1.60 bits per heavy atom. The number of rotatable bonds is 0. The molecule has 0 heterocycles. The summed E-state index contributed by atoms with van der Waals surface area (Å²) < 4.78 is 21.0. The van der Waals surface area contributed by atoms with E-state index in [9.17, 15) is 8.78 Å². The second-order valence-electron chi connectivity index (χ2n) is 0.437. The third-order valence-corrected chi connectivity index (χ3v) is 0.134. The molecule has 0 bridgehead atoms. The highest BCUT2D eigenvalue weighted by atomic mass is 19.3. The standard InChI is InChI=1S/C3H2F2/c1-2-3(4)5/h1H2. The van der Waals surface area contributed by atoms with Gasteiger partial charge >= 0.3 is 6.08 Å². The Labute approximate surface area is 28.4 Å². The maximum atomic E-state index is 10.5. The van der Waals surface area contributed by atoms with Crippen LogP contribution in [-0.4, -0.2) is 0 Å². The Hall–Kier alpha value is -0.620. The summed E-state index contributed by atoms with van der Waals surface area (Å²) in [7, 11) is 0. The van der Waals surface area contributed by atoms with Crippen LogP contribution in [0.3, 0.4) is 0 Å². The SMILES string of the molecule is C=C=C(F)F. The van der Waals surface area contributed by atoms with Gasteiger partial charge in [0.15, 0.2) is 0 Å². The highest BCUT2D eigenvalue weighted by molar-refractivity contribution is 4.71. The minimum Gasteiger partial charge on any atom is -0.164 e. The quantitative estimate of drug-likeness (QED) is 0.384. The summed E-state index contributed by atoms with van der Waals surface area (Å²) in [4.78, 5) is 0. The predicted octanol–water partition coefficient (Wildman–Crippen LogP) is 1.55. The molecule has 0 rings (SSSR count). The largest absolute Gasteiger partial charge is 0.312 e. The minimum atomic E-state index is -1.86. The summed E-state index contributed by atoms with van der Waals surface area (Å²) in [5, 5.41) is 0. The molecule has 2 heteroatoms. The van der Waals surface area contributed by atoms with Crippen molar-refractivity contribution in [3.05, 3.63) is 18.4 Å². The highest BCUT2D eigenvalue weighted by Crippen LogP contribution is 1.88. The molecule has 0 N–H and O–H groups in total. The van der Waals surface area contributed by atoms with Gasteiger partial charge in [-0.25, -0.2) is 0 Å². The van der Waals surface area contributed by atoms with Crippen molar-refractivity contribution in [1.29, 1.82) is 0 Å². The lowest BCUT2D eigenvalue weighted by Crippen LogP contribution is -1.37. The van der Waals surface area contributed by atoms with E-state index in [1.165, 1.54) is 5.73 Å². The van der Waals surface area contributed by atoms with Crippen LogP contribution in [-0.2, 0) is 0 Å². The molecule has 0 aromatic carbocycles. The van der Waals surface area contributed by atoms with Crippen LogP contribution in [0.5, 0.6) is 0 Å². The van der Waals surface area contributed by atoms with Crippen molar-refractivity contribution in [3.63, 3.8) is 0 Å². The zero-order valence-corrected chi connectivity index (χ0v) is 2.46. The third kappa shape index (κ3) is 3.38. The van der Waals surface area contributed by atoms with Gasteiger partial charge in [-0.3, -0.25) is 0 Å². The van der Waals surface area contributed by atoms with Gasteiger partial charge < -0.3 is 0 Å². The van der Waals surface area contributed by atoms with Gasteiger partial charge in [0.2, 0.25) is 0 Å². The van der Waals surface area contributed by atoms with Gasteiger partial charge in [-0.15, -0.1) is 0 Å². The topological polar surface area (TPSA) is 0 Å². The molecule has 0 aromatic heterocycles. The van der Waals surface area contributed by atoms with E-state index < -0.39 is 6.08 Å². The summed E-state index contributed by atoms with van der Waals surface area (Å²) in [6.07, 6.45) is -1.86. The van der Waals surface area contributed by atoms with Crippen LogP contribution in [0.1, 0.15) is 0 Å². The van der Waals surface area contributed by atoms with Crippen LogP contribution in [0, 0.1) is 0 Å². The average Bonchev–Trinajstić information content (AvgIpc) is 1.38. The molecule has 0 aromatic rings. The Morgan fingerprint density at radius 3 is 1.80 bits per heavy atom. The summed E-state index contributed by atoms with van der Waals surface area (Å²) in [6, 6.07) is 0. The predicted molar refractivity (Wildman–Crippen MR) is 14.9 cm³/mol. The molecular formula is C3H2F2. The van der Waals surface area contributed by atoms with E-state index in [0.29, 0.717) is 0 Å². The van der Waals surface area contributed by atoms with Gasteiger partial charge in [-0.05, 0) is 0 Å². The molecule has 28 valence electrons. The van der Waals surface area contributed by atoms with E-state index in [4.69, 9.17) is 0 Å². The number of hydrogen-bond donors (Lipinski definition) is 0. The fourth-order valence-electron chi connectivity index (χ4n) is 0. The fourth-order valence-corrected chi connectivity index (χ4v) is 0. The molecule has 0 saturated carbocycles. The van der Waals surface area contributed by atoms with Crippen LogP contribution in [0.25, 0.3) is 0 Å². The average molecular weight is 76.0 g/mol. The minimum absolute atomic E-state index is 1.36. The molecule has 0 unspecified atom stereocenters. The lowest BCUT2D eigenvalue weighted by molar-refractivity contribution is 0.424. The Kier molecular flexibility index (Phi) is 1.47. The van der Waals surface area contributed by atoms with Crippen molar-refractivity contribution in [3.8, 4) is 0 Å². The van der Waals surface area contributed by atoms with E-state index in [2.05, 4.69) is 6.58 Å². The van der Waals surface area contributed by atoms with Crippen molar-refractivity contribution >= 4 is 0 Å². The molecule has 0 aliphatic carbocycles. The maximum absolute atomic E-state index is 10.5. The zero-order valence-electron chi connectivity index (χ0n) is 2.46. The van der Waals surface area contributed by atoms with Crippen molar-refractivity contribution in [2.75, 3.05) is 0 Å². The molecule has 0 fully saturated rings. The van der Waals surface area contributed by atoms with Gasteiger partial charge in [0, 0.05) is 0 Å². The molecule has 0 radical (unpaired) electrons. The van der Waals surface area contributed by atoms with Crippen molar-refractivity contribution in [2.24, 2.45) is 0 Å². The van der Waals surface area contributed by atoms with E-state index in [1.807, 2.05) is 0 Å². The smallest absolute Gasteiger partial charge is 0.164 e. The van der Waals surface area contributed by atoms with Crippen LogP contribution >= 0.6 is 0 Å². The van der Waals surface area contributed by atoms with Crippen molar-refractivity contribution in [2.45, 2.75) is 0 Å². The monoisotopic (exact) mass is 76.0 g/mol. The fraction of sp³-hybridized carbons (Fsp3) is 0. The molecule has 0 aliphatic heterocycles. The van der Waals surface area contributed by atoms with Crippen molar-refractivity contribution in [1.82, 2.24) is 0 Å². The molecule has 0 aliphatic rings. The first-order valence-electron chi connectivity index (χ1n) is 0.982. The van der Waals surface area contributed by atoms with E-state index in [0.717, 1.165) is 0 Å². The maximum Gasteiger partial charge on any atom is 0.312 e. The second kappa shape index (κ2) is 1.68. The van der Waals surface area contributed by atoms with Crippen LogP contribution in [0.15, 0.2) is 18.4 Å². The molecule has 0 amide bonds. The molecule has 0 atom stereocenters. The van der Waals surface area contributed by atoms with Crippen LogP contribution in [0.2, 0.25) is 0 Å². The first-order chi connectivity index (χ1) is 2.27. The summed E-state index contributed by atoms with van der Waals surface area (Å²) in [6.45, 7) is 2.65. The van der Waals surface area contributed by atoms with Gasteiger partial charge in [-0.1, -0.05) is 12.3 Å². The number of hydrogen-bond acceptors (Lipinski definition) is 0. The van der Waals surface area contributed by atoms with E-state index in [1.54, 1.807) is 0 Å². The normalized spacial score (nSPS) is 6.00. The van der Waals surface area contributed by atoms with E-state index in [-0.39, 0.29) is 0 Å². The first-order valence-corrected chi connectivity index (χ1v) is 0.982.